The van der Waals surface area contributed by atoms with E-state index in [1.165, 1.54) is 6.07 Å². The lowest BCUT2D eigenvalue weighted by Gasteiger charge is -2.26. The van der Waals surface area contributed by atoms with E-state index in [1.54, 1.807) is 0 Å². The highest BCUT2D eigenvalue weighted by Gasteiger charge is 2.32. The summed E-state index contributed by atoms with van der Waals surface area (Å²) >= 11 is 0. The van der Waals surface area contributed by atoms with Gasteiger partial charge >= 0.3 is 6.36 Å². The summed E-state index contributed by atoms with van der Waals surface area (Å²) < 4.78 is 45.7. The van der Waals surface area contributed by atoms with Crippen LogP contribution in [0.4, 0.5) is 18.9 Å². The number of alkyl halides is 3. The molecule has 1 aromatic rings. The van der Waals surface area contributed by atoms with Crippen molar-refractivity contribution in [3.05, 3.63) is 33.9 Å². The van der Waals surface area contributed by atoms with Crippen LogP contribution in [0.15, 0.2) is 18.2 Å². The van der Waals surface area contributed by atoms with Gasteiger partial charge in [0.25, 0.3) is 5.69 Å². The van der Waals surface area contributed by atoms with Gasteiger partial charge in [-0.25, -0.2) is 0 Å². The molecule has 0 radical (unpaired) electrons. The second-order valence-electron chi connectivity index (χ2n) is 4.53. The summed E-state index contributed by atoms with van der Waals surface area (Å²) in [7, 11) is 0. The zero-order valence-corrected chi connectivity index (χ0v) is 10.9. The Balaban J connectivity index is 2.20. The monoisotopic (exact) mass is 306 g/mol. The van der Waals surface area contributed by atoms with Crippen molar-refractivity contribution in [3.8, 4) is 5.75 Å². The average Bonchev–Trinajstić information content (AvgIpc) is 2.37. The molecule has 1 aromatic carbocycles. The molecule has 0 spiro atoms. The van der Waals surface area contributed by atoms with Gasteiger partial charge in [-0.2, -0.15) is 0 Å². The number of nitrogens with zero attached hydrogens (tertiary/aromatic N) is 2. The Kier molecular flexibility index (Phi) is 4.63. The largest absolute Gasteiger partial charge is 0.573 e. The summed E-state index contributed by atoms with van der Waals surface area (Å²) in [4.78, 5) is 12.0. The van der Waals surface area contributed by atoms with Crippen LogP contribution in [0.25, 0.3) is 0 Å². The average molecular weight is 306 g/mol. The molecular formula is C12H13F3N2O4. The number of rotatable bonds is 4. The molecule has 1 aliphatic rings. The van der Waals surface area contributed by atoms with Crippen LogP contribution in [0.5, 0.6) is 5.75 Å². The van der Waals surface area contributed by atoms with Crippen LogP contribution in [-0.2, 0) is 11.3 Å². The predicted molar refractivity (Wildman–Crippen MR) is 65.9 cm³/mol. The van der Waals surface area contributed by atoms with Gasteiger partial charge in [0.1, 0.15) is 5.75 Å². The first-order valence-corrected chi connectivity index (χ1v) is 6.18. The number of nitro groups is 1. The fourth-order valence-corrected chi connectivity index (χ4v) is 2.05. The lowest BCUT2D eigenvalue weighted by atomic mass is 10.1. The van der Waals surface area contributed by atoms with Gasteiger partial charge < -0.3 is 9.47 Å². The number of nitro benzene ring substituents is 1. The molecule has 0 aliphatic carbocycles. The normalized spacial score (nSPS) is 16.7. The van der Waals surface area contributed by atoms with Crippen LogP contribution in [-0.4, -0.2) is 42.5 Å². The van der Waals surface area contributed by atoms with Crippen molar-refractivity contribution in [2.45, 2.75) is 12.9 Å². The Hall–Kier alpha value is -1.87. The first-order valence-electron chi connectivity index (χ1n) is 6.18. The van der Waals surface area contributed by atoms with Gasteiger partial charge in [0.05, 0.1) is 24.2 Å². The lowest BCUT2D eigenvalue weighted by Crippen LogP contribution is -2.35. The second-order valence-corrected chi connectivity index (χ2v) is 4.53. The van der Waals surface area contributed by atoms with Gasteiger partial charge in [0.2, 0.25) is 0 Å². The Morgan fingerprint density at radius 1 is 1.29 bits per heavy atom. The first-order chi connectivity index (χ1) is 9.83. The van der Waals surface area contributed by atoms with E-state index >= 15 is 0 Å². The van der Waals surface area contributed by atoms with E-state index in [4.69, 9.17) is 4.74 Å². The summed E-state index contributed by atoms with van der Waals surface area (Å²) in [6.07, 6.45) is -4.88. The SMILES string of the molecule is O=[N+]([O-])c1cc(CN2CCOCC2)cc(OC(F)(F)F)c1. The van der Waals surface area contributed by atoms with Gasteiger partial charge in [-0.15, -0.1) is 13.2 Å². The van der Waals surface area contributed by atoms with E-state index in [9.17, 15) is 23.3 Å². The van der Waals surface area contributed by atoms with E-state index < -0.39 is 22.7 Å². The van der Waals surface area contributed by atoms with Gasteiger partial charge in [0.15, 0.2) is 0 Å². The van der Waals surface area contributed by atoms with E-state index in [0.717, 1.165) is 12.1 Å². The molecule has 1 aliphatic heterocycles. The number of morpholine rings is 1. The molecule has 0 bridgehead atoms. The van der Waals surface area contributed by atoms with E-state index in [-0.39, 0.29) is 0 Å². The molecule has 0 unspecified atom stereocenters. The summed E-state index contributed by atoms with van der Waals surface area (Å²) in [6.45, 7) is 2.61. The third kappa shape index (κ3) is 4.87. The Morgan fingerprint density at radius 3 is 2.52 bits per heavy atom. The molecule has 0 N–H and O–H groups in total. The van der Waals surface area contributed by atoms with Crippen molar-refractivity contribution < 1.29 is 27.6 Å². The maximum absolute atomic E-state index is 12.2. The molecule has 116 valence electrons. The summed E-state index contributed by atoms with van der Waals surface area (Å²) in [6, 6.07) is 3.17. The van der Waals surface area contributed by atoms with Crippen molar-refractivity contribution in [3.63, 3.8) is 0 Å². The molecule has 2 rings (SSSR count). The predicted octanol–water partition coefficient (Wildman–Crippen LogP) is 2.33. The molecule has 1 heterocycles. The van der Waals surface area contributed by atoms with Gasteiger partial charge in [-0.1, -0.05) is 0 Å². The minimum atomic E-state index is -4.88. The maximum Gasteiger partial charge on any atom is 0.573 e. The number of ether oxygens (including phenoxy) is 2. The van der Waals surface area contributed by atoms with Crippen LogP contribution in [0, 0.1) is 10.1 Å². The molecule has 1 saturated heterocycles. The fraction of sp³-hybridized carbons (Fsp3) is 0.500. The number of hydrogen-bond donors (Lipinski definition) is 0. The lowest BCUT2D eigenvalue weighted by molar-refractivity contribution is -0.385. The van der Waals surface area contributed by atoms with Gasteiger partial charge in [-0.3, -0.25) is 15.0 Å². The smallest absolute Gasteiger partial charge is 0.406 e. The molecule has 0 atom stereocenters. The highest BCUT2D eigenvalue weighted by atomic mass is 19.4. The van der Waals surface area contributed by atoms with Crippen molar-refractivity contribution in [2.24, 2.45) is 0 Å². The molecule has 0 amide bonds. The number of hydrogen-bond acceptors (Lipinski definition) is 5. The number of non-ortho nitro benzene ring substituents is 1. The molecular weight excluding hydrogens is 293 g/mol. The van der Waals surface area contributed by atoms with Crippen molar-refractivity contribution in [1.29, 1.82) is 0 Å². The van der Waals surface area contributed by atoms with E-state index in [0.29, 0.717) is 38.4 Å². The van der Waals surface area contributed by atoms with Gasteiger partial charge in [-0.05, 0) is 11.6 Å². The van der Waals surface area contributed by atoms with Crippen molar-refractivity contribution >= 4 is 5.69 Å². The van der Waals surface area contributed by atoms with E-state index in [2.05, 4.69) is 4.74 Å². The highest BCUT2D eigenvalue weighted by Crippen LogP contribution is 2.28. The Labute approximate surface area is 118 Å². The van der Waals surface area contributed by atoms with Crippen LogP contribution >= 0.6 is 0 Å². The molecule has 9 heteroatoms. The summed E-state index contributed by atoms with van der Waals surface area (Å²) in [5.41, 5.74) is -0.0367. The van der Waals surface area contributed by atoms with Gasteiger partial charge in [0, 0.05) is 25.7 Å². The van der Waals surface area contributed by atoms with Crippen molar-refractivity contribution in [1.82, 2.24) is 4.90 Å². The fourth-order valence-electron chi connectivity index (χ4n) is 2.05. The van der Waals surface area contributed by atoms with Crippen LogP contribution in [0.3, 0.4) is 0 Å². The minimum absolute atomic E-state index is 0.305. The molecule has 21 heavy (non-hydrogen) atoms. The third-order valence-corrected chi connectivity index (χ3v) is 2.91. The van der Waals surface area contributed by atoms with Crippen LogP contribution in [0.1, 0.15) is 5.56 Å². The Morgan fingerprint density at radius 2 is 1.95 bits per heavy atom. The van der Waals surface area contributed by atoms with Crippen molar-refractivity contribution in [2.75, 3.05) is 26.3 Å². The van der Waals surface area contributed by atoms with E-state index in [1.807, 2.05) is 4.90 Å². The zero-order valence-electron chi connectivity index (χ0n) is 10.9. The standard InChI is InChI=1S/C12H13F3N2O4/c13-12(14,15)21-11-6-9(5-10(7-11)17(18)19)8-16-1-3-20-4-2-16/h5-7H,1-4,8H2. The Bertz CT molecular complexity index is 516. The summed E-state index contributed by atoms with van der Waals surface area (Å²) in [5.74, 6) is -0.583. The number of benzene rings is 1. The molecule has 0 aromatic heterocycles. The van der Waals surface area contributed by atoms with Crippen LogP contribution < -0.4 is 4.74 Å². The minimum Gasteiger partial charge on any atom is -0.406 e. The topological polar surface area (TPSA) is 64.8 Å². The quantitative estimate of drug-likeness (QED) is 0.631. The third-order valence-electron chi connectivity index (χ3n) is 2.91. The highest BCUT2D eigenvalue weighted by molar-refractivity contribution is 5.43. The first kappa shape index (κ1) is 15.5. The number of halogens is 3. The van der Waals surface area contributed by atoms with Crippen LogP contribution in [0.2, 0.25) is 0 Å². The second kappa shape index (κ2) is 6.27. The maximum atomic E-state index is 12.2. The zero-order chi connectivity index (χ0) is 15.5. The molecule has 0 saturated carbocycles. The molecule has 1 fully saturated rings. The molecule has 6 nitrogen and oxygen atoms in total. The summed E-state index contributed by atoms with van der Waals surface area (Å²) in [5, 5.41) is 10.8.